The molecule has 4 rings (SSSR count). The van der Waals surface area contributed by atoms with Crippen LogP contribution in [0, 0.1) is 0 Å². The number of nitrogens with two attached hydrogens (primary N) is 1. The molecule has 4 aromatic rings. The molecule has 0 atom stereocenters. The van der Waals surface area contributed by atoms with Crippen molar-refractivity contribution >= 4 is 33.4 Å². The van der Waals surface area contributed by atoms with Crippen LogP contribution < -0.4 is 5.73 Å². The van der Waals surface area contributed by atoms with Gasteiger partial charge in [0.2, 0.25) is 5.76 Å². The molecule has 2 N–H and O–H groups in total. The Morgan fingerprint density at radius 3 is 2.38 bits per heavy atom. The maximum atomic E-state index is 12.5. The molecule has 2 aromatic carbocycles. The Hall–Kier alpha value is -3.01. The summed E-state index contributed by atoms with van der Waals surface area (Å²) in [6.45, 7) is 0. The molecule has 2 heterocycles. The summed E-state index contributed by atoms with van der Waals surface area (Å²) in [4.78, 5) is 12.5. The first-order chi connectivity index (χ1) is 10.2. The van der Waals surface area contributed by atoms with Crippen LogP contribution in [0.15, 0.2) is 63.4 Å². The second-order valence-corrected chi connectivity index (χ2v) is 4.82. The lowest BCUT2D eigenvalue weighted by molar-refractivity contribution is 0.0988. The second kappa shape index (κ2) is 4.24. The molecule has 0 saturated heterocycles. The van der Waals surface area contributed by atoms with Gasteiger partial charge in [0, 0.05) is 10.8 Å². The van der Waals surface area contributed by atoms with Crippen molar-refractivity contribution in [3.8, 4) is 0 Å². The van der Waals surface area contributed by atoms with Gasteiger partial charge in [-0.05, 0) is 24.3 Å². The van der Waals surface area contributed by atoms with Gasteiger partial charge in [0.05, 0.1) is 5.69 Å². The van der Waals surface area contributed by atoms with Crippen molar-refractivity contribution in [2.24, 2.45) is 0 Å². The first kappa shape index (κ1) is 11.8. The molecule has 4 heteroatoms. The number of anilines is 1. The first-order valence-electron chi connectivity index (χ1n) is 6.54. The number of ketones is 1. The van der Waals surface area contributed by atoms with Gasteiger partial charge in [0.15, 0.2) is 5.76 Å². The summed E-state index contributed by atoms with van der Waals surface area (Å²) in [5.74, 6) is -0.00267. The molecular formula is C17H11NO3. The Morgan fingerprint density at radius 2 is 1.62 bits per heavy atom. The van der Waals surface area contributed by atoms with Crippen molar-refractivity contribution in [2.75, 3.05) is 5.73 Å². The molecule has 0 fully saturated rings. The number of carbonyl (C=O) groups is 1. The fourth-order valence-corrected chi connectivity index (χ4v) is 2.44. The predicted octanol–water partition coefficient (Wildman–Crippen LogP) is 3.99. The van der Waals surface area contributed by atoms with E-state index in [0.29, 0.717) is 16.9 Å². The topological polar surface area (TPSA) is 69.4 Å². The van der Waals surface area contributed by atoms with E-state index in [4.69, 9.17) is 14.6 Å². The van der Waals surface area contributed by atoms with Crippen LogP contribution in [-0.4, -0.2) is 5.78 Å². The Labute approximate surface area is 119 Å². The zero-order valence-corrected chi connectivity index (χ0v) is 11.0. The van der Waals surface area contributed by atoms with E-state index in [1.165, 1.54) is 0 Å². The zero-order chi connectivity index (χ0) is 14.4. The number of hydrogen-bond acceptors (Lipinski definition) is 4. The summed E-state index contributed by atoms with van der Waals surface area (Å²) >= 11 is 0. The molecule has 0 aliphatic rings. The highest BCUT2D eigenvalue weighted by atomic mass is 16.4. The number of hydrogen-bond donors (Lipinski definition) is 1. The lowest BCUT2D eigenvalue weighted by Crippen LogP contribution is -2.01. The SMILES string of the molecule is Nc1c(C(=O)c2cc3ccccc3o2)oc2ccccc12. The predicted molar refractivity (Wildman–Crippen MR) is 80.3 cm³/mol. The van der Waals surface area contributed by atoms with Crippen molar-refractivity contribution in [3.63, 3.8) is 0 Å². The molecule has 0 aliphatic carbocycles. The number of benzene rings is 2. The van der Waals surface area contributed by atoms with Gasteiger partial charge >= 0.3 is 0 Å². The molecule has 0 bridgehead atoms. The lowest BCUT2D eigenvalue weighted by atomic mass is 10.1. The van der Waals surface area contributed by atoms with E-state index in [9.17, 15) is 4.79 Å². The van der Waals surface area contributed by atoms with Crippen molar-refractivity contribution in [2.45, 2.75) is 0 Å². The van der Waals surface area contributed by atoms with E-state index in [1.807, 2.05) is 42.5 Å². The summed E-state index contributed by atoms with van der Waals surface area (Å²) in [7, 11) is 0. The summed E-state index contributed by atoms with van der Waals surface area (Å²) in [5.41, 5.74) is 7.61. The second-order valence-electron chi connectivity index (χ2n) is 4.82. The maximum absolute atomic E-state index is 12.5. The molecule has 0 radical (unpaired) electrons. The summed E-state index contributed by atoms with van der Waals surface area (Å²) in [6.07, 6.45) is 0. The van der Waals surface area contributed by atoms with E-state index in [1.54, 1.807) is 12.1 Å². The summed E-state index contributed by atoms with van der Waals surface area (Å²) in [6, 6.07) is 16.4. The van der Waals surface area contributed by atoms with E-state index in [2.05, 4.69) is 0 Å². The van der Waals surface area contributed by atoms with Gasteiger partial charge in [-0.2, -0.15) is 0 Å². The molecule has 0 amide bonds. The van der Waals surface area contributed by atoms with Gasteiger partial charge in [0.1, 0.15) is 11.2 Å². The van der Waals surface area contributed by atoms with Gasteiger partial charge in [-0.15, -0.1) is 0 Å². The summed E-state index contributed by atoms with van der Waals surface area (Å²) in [5, 5.41) is 1.60. The van der Waals surface area contributed by atoms with Crippen molar-refractivity contribution in [1.82, 2.24) is 0 Å². The largest absolute Gasteiger partial charge is 0.452 e. The number of nitrogen functional groups attached to an aromatic ring is 1. The molecular weight excluding hydrogens is 266 g/mol. The molecule has 0 unspecified atom stereocenters. The van der Waals surface area contributed by atoms with Crippen molar-refractivity contribution in [3.05, 3.63) is 66.1 Å². The Balaban J connectivity index is 1.87. The normalized spacial score (nSPS) is 11.2. The summed E-state index contributed by atoms with van der Waals surface area (Å²) < 4.78 is 11.1. The number of rotatable bonds is 2. The molecule has 21 heavy (non-hydrogen) atoms. The zero-order valence-electron chi connectivity index (χ0n) is 11.0. The smallest absolute Gasteiger partial charge is 0.265 e. The average Bonchev–Trinajstić information content (AvgIpc) is 3.08. The molecule has 0 aliphatic heterocycles. The van der Waals surface area contributed by atoms with Crippen LogP contribution in [-0.2, 0) is 0 Å². The minimum atomic E-state index is -0.347. The van der Waals surface area contributed by atoms with E-state index < -0.39 is 0 Å². The molecule has 2 aromatic heterocycles. The van der Waals surface area contributed by atoms with E-state index >= 15 is 0 Å². The van der Waals surface area contributed by atoms with Crippen LogP contribution in [0.4, 0.5) is 5.69 Å². The van der Waals surface area contributed by atoms with Gasteiger partial charge < -0.3 is 14.6 Å². The van der Waals surface area contributed by atoms with Crippen LogP contribution in [0.3, 0.4) is 0 Å². The first-order valence-corrected chi connectivity index (χ1v) is 6.54. The third-order valence-corrected chi connectivity index (χ3v) is 3.49. The monoisotopic (exact) mass is 277 g/mol. The minimum Gasteiger partial charge on any atom is -0.452 e. The Morgan fingerprint density at radius 1 is 0.905 bits per heavy atom. The number of carbonyl (C=O) groups excluding carboxylic acids is 1. The molecule has 0 spiro atoms. The molecule has 0 saturated carbocycles. The third-order valence-electron chi connectivity index (χ3n) is 3.49. The number of para-hydroxylation sites is 2. The van der Waals surface area contributed by atoms with E-state index in [0.717, 1.165) is 10.8 Å². The highest BCUT2D eigenvalue weighted by Crippen LogP contribution is 2.31. The fraction of sp³-hybridized carbons (Fsp3) is 0. The van der Waals surface area contributed by atoms with Crippen LogP contribution in [0.5, 0.6) is 0 Å². The van der Waals surface area contributed by atoms with Crippen LogP contribution in [0.1, 0.15) is 16.3 Å². The fourth-order valence-electron chi connectivity index (χ4n) is 2.44. The Bertz CT molecular complexity index is 945. The van der Waals surface area contributed by atoms with Crippen LogP contribution >= 0.6 is 0 Å². The van der Waals surface area contributed by atoms with Crippen molar-refractivity contribution < 1.29 is 13.6 Å². The van der Waals surface area contributed by atoms with Crippen LogP contribution in [0.2, 0.25) is 0 Å². The van der Waals surface area contributed by atoms with Crippen molar-refractivity contribution in [1.29, 1.82) is 0 Å². The maximum Gasteiger partial charge on any atom is 0.265 e. The quantitative estimate of drug-likeness (QED) is 0.562. The standard InChI is InChI=1S/C17H11NO3/c18-15-11-6-2-4-8-13(11)21-17(15)16(19)14-9-10-5-1-3-7-12(10)20-14/h1-9H,18H2. The van der Waals surface area contributed by atoms with Gasteiger partial charge in [-0.1, -0.05) is 30.3 Å². The van der Waals surface area contributed by atoms with Crippen LogP contribution in [0.25, 0.3) is 21.9 Å². The third kappa shape index (κ3) is 1.73. The highest BCUT2D eigenvalue weighted by Gasteiger charge is 2.22. The Kier molecular flexibility index (Phi) is 2.38. The highest BCUT2D eigenvalue weighted by molar-refractivity contribution is 6.14. The number of furan rings is 2. The van der Waals surface area contributed by atoms with Gasteiger partial charge in [0.25, 0.3) is 5.78 Å². The van der Waals surface area contributed by atoms with Gasteiger partial charge in [-0.3, -0.25) is 4.79 Å². The van der Waals surface area contributed by atoms with Gasteiger partial charge in [-0.25, -0.2) is 0 Å². The average molecular weight is 277 g/mol. The lowest BCUT2D eigenvalue weighted by Gasteiger charge is -1.93. The molecule has 4 nitrogen and oxygen atoms in total. The number of fused-ring (bicyclic) bond motifs is 2. The molecule has 102 valence electrons. The van der Waals surface area contributed by atoms with E-state index in [-0.39, 0.29) is 17.3 Å². The minimum absolute atomic E-state index is 0.121.